The van der Waals surface area contributed by atoms with Crippen molar-refractivity contribution in [3.8, 4) is 0 Å². The Bertz CT molecular complexity index is 1120. The fraction of sp³-hybridized carbons (Fsp3) is 0.118. The first-order valence-corrected chi connectivity index (χ1v) is 9.75. The monoisotopic (exact) mass is 393 g/mol. The van der Waals surface area contributed by atoms with E-state index in [1.165, 1.54) is 16.1 Å². The highest BCUT2D eigenvalue weighted by Gasteiger charge is 2.26. The molecule has 1 aromatic carbocycles. The molecule has 4 rings (SSSR count). The fourth-order valence-electron chi connectivity index (χ4n) is 2.93. The Balaban J connectivity index is 1.99. The van der Waals surface area contributed by atoms with Crippen molar-refractivity contribution in [1.29, 1.82) is 0 Å². The van der Waals surface area contributed by atoms with Crippen molar-refractivity contribution in [3.63, 3.8) is 0 Å². The number of halogens is 2. The van der Waals surface area contributed by atoms with Crippen LogP contribution in [0.15, 0.2) is 53.7 Å². The third-order valence-corrected chi connectivity index (χ3v) is 6.48. The van der Waals surface area contributed by atoms with Gasteiger partial charge in [-0.1, -0.05) is 29.3 Å². The highest BCUT2D eigenvalue weighted by Crippen LogP contribution is 2.32. The first-order chi connectivity index (χ1) is 12.0. The fourth-order valence-corrected chi connectivity index (χ4v) is 5.00. The molecule has 0 saturated carbocycles. The summed E-state index contributed by atoms with van der Waals surface area (Å²) in [5, 5.41) is 4.42. The Labute approximate surface area is 154 Å². The highest BCUT2D eigenvalue weighted by atomic mass is 35.5. The summed E-state index contributed by atoms with van der Waals surface area (Å²) in [7, 11) is -3.94. The topological polar surface area (TPSA) is 64.0 Å². The standard InChI is InChI=1S/C17H13Cl2N3O2S/c18-12-3-4-15(19)16(8-12)25(23,24)22-10-14(11-5-7-20-9-11)13-2-1-6-21-17(13)22/h1-6,8,10,20H,7,9H2. The van der Waals surface area contributed by atoms with Gasteiger partial charge < -0.3 is 5.32 Å². The number of nitrogens with one attached hydrogen (secondary N) is 1. The van der Waals surface area contributed by atoms with Gasteiger partial charge in [0.15, 0.2) is 5.65 Å². The van der Waals surface area contributed by atoms with E-state index in [-0.39, 0.29) is 9.92 Å². The maximum Gasteiger partial charge on any atom is 0.270 e. The zero-order chi connectivity index (χ0) is 17.6. The number of hydrogen-bond acceptors (Lipinski definition) is 4. The van der Waals surface area contributed by atoms with E-state index in [9.17, 15) is 8.42 Å². The molecule has 0 spiro atoms. The Morgan fingerprint density at radius 1 is 1.20 bits per heavy atom. The van der Waals surface area contributed by atoms with E-state index in [2.05, 4.69) is 10.3 Å². The van der Waals surface area contributed by atoms with Gasteiger partial charge >= 0.3 is 0 Å². The smallest absolute Gasteiger partial charge is 0.270 e. The quantitative estimate of drug-likeness (QED) is 0.738. The number of nitrogens with zero attached hydrogens (tertiary/aromatic N) is 2. The number of aromatic nitrogens is 2. The molecule has 3 aromatic rings. The summed E-state index contributed by atoms with van der Waals surface area (Å²) in [5.41, 5.74) is 2.25. The second-order valence-electron chi connectivity index (χ2n) is 5.65. The zero-order valence-electron chi connectivity index (χ0n) is 12.9. The van der Waals surface area contributed by atoms with Gasteiger partial charge in [-0.2, -0.15) is 0 Å². The van der Waals surface area contributed by atoms with Gasteiger partial charge in [-0.25, -0.2) is 17.4 Å². The van der Waals surface area contributed by atoms with Crippen LogP contribution in [0, 0.1) is 0 Å². The van der Waals surface area contributed by atoms with Crippen LogP contribution in [-0.2, 0) is 10.0 Å². The summed E-state index contributed by atoms with van der Waals surface area (Å²) in [4.78, 5) is 4.23. The van der Waals surface area contributed by atoms with Gasteiger partial charge in [0.05, 0.1) is 5.02 Å². The minimum atomic E-state index is -3.94. The molecule has 1 N–H and O–H groups in total. The Morgan fingerprint density at radius 3 is 2.80 bits per heavy atom. The van der Waals surface area contributed by atoms with Crippen molar-refractivity contribution >= 4 is 49.8 Å². The maximum atomic E-state index is 13.2. The van der Waals surface area contributed by atoms with E-state index in [1.54, 1.807) is 24.5 Å². The molecule has 0 aliphatic carbocycles. The summed E-state index contributed by atoms with van der Waals surface area (Å²) in [6, 6.07) is 8.03. The lowest BCUT2D eigenvalue weighted by Crippen LogP contribution is -2.13. The molecule has 3 heterocycles. The van der Waals surface area contributed by atoms with Crippen LogP contribution in [0.2, 0.25) is 10.0 Å². The summed E-state index contributed by atoms with van der Waals surface area (Å²) in [6.45, 7) is 1.45. The molecule has 128 valence electrons. The first-order valence-electron chi connectivity index (χ1n) is 7.55. The predicted octanol–water partition coefficient (Wildman–Crippen LogP) is 3.57. The lowest BCUT2D eigenvalue weighted by molar-refractivity contribution is 0.589. The lowest BCUT2D eigenvalue weighted by Gasteiger charge is -2.09. The van der Waals surface area contributed by atoms with Crippen LogP contribution in [-0.4, -0.2) is 30.5 Å². The second-order valence-corrected chi connectivity index (χ2v) is 8.28. The van der Waals surface area contributed by atoms with E-state index < -0.39 is 10.0 Å². The van der Waals surface area contributed by atoms with Gasteiger partial charge in [0, 0.05) is 41.5 Å². The molecule has 5 nitrogen and oxygen atoms in total. The van der Waals surface area contributed by atoms with Crippen LogP contribution in [0.5, 0.6) is 0 Å². The van der Waals surface area contributed by atoms with Crippen molar-refractivity contribution in [1.82, 2.24) is 14.3 Å². The van der Waals surface area contributed by atoms with Gasteiger partial charge in [-0.15, -0.1) is 0 Å². The molecule has 25 heavy (non-hydrogen) atoms. The SMILES string of the molecule is O=S(=O)(c1cc(Cl)ccc1Cl)n1cc(C2=CCNC2)c2cccnc21. The molecule has 0 radical (unpaired) electrons. The predicted molar refractivity (Wildman–Crippen MR) is 99.6 cm³/mol. The zero-order valence-corrected chi connectivity index (χ0v) is 15.2. The van der Waals surface area contributed by atoms with Crippen LogP contribution in [0.25, 0.3) is 16.6 Å². The van der Waals surface area contributed by atoms with E-state index in [0.29, 0.717) is 17.2 Å². The van der Waals surface area contributed by atoms with Gasteiger partial charge in [-0.05, 0) is 35.9 Å². The van der Waals surface area contributed by atoms with Crippen molar-refractivity contribution in [2.24, 2.45) is 0 Å². The average Bonchev–Trinajstić information content (AvgIpc) is 3.24. The van der Waals surface area contributed by atoms with Gasteiger partial charge in [-0.3, -0.25) is 0 Å². The molecule has 0 unspecified atom stereocenters. The van der Waals surface area contributed by atoms with E-state index >= 15 is 0 Å². The minimum Gasteiger partial charge on any atom is -0.309 e. The minimum absolute atomic E-state index is 0.0469. The number of hydrogen-bond donors (Lipinski definition) is 1. The molecular formula is C17H13Cl2N3O2S. The van der Waals surface area contributed by atoms with Crippen LogP contribution < -0.4 is 5.32 Å². The molecule has 0 fully saturated rings. The molecule has 2 aromatic heterocycles. The Kier molecular flexibility index (Phi) is 4.08. The molecule has 1 aliphatic rings. The van der Waals surface area contributed by atoms with Crippen molar-refractivity contribution in [2.75, 3.05) is 13.1 Å². The van der Waals surface area contributed by atoms with E-state index in [0.717, 1.165) is 23.1 Å². The van der Waals surface area contributed by atoms with Gasteiger partial charge in [0.25, 0.3) is 10.0 Å². The van der Waals surface area contributed by atoms with Crippen LogP contribution in [0.3, 0.4) is 0 Å². The molecular weight excluding hydrogens is 381 g/mol. The lowest BCUT2D eigenvalue weighted by atomic mass is 10.1. The van der Waals surface area contributed by atoms with Crippen molar-refractivity contribution < 1.29 is 8.42 Å². The summed E-state index contributed by atoms with van der Waals surface area (Å²) >= 11 is 12.1. The molecule has 0 amide bonds. The molecule has 0 saturated heterocycles. The molecule has 0 bridgehead atoms. The number of pyridine rings is 1. The summed E-state index contributed by atoms with van der Waals surface area (Å²) in [5.74, 6) is 0. The van der Waals surface area contributed by atoms with Crippen LogP contribution in [0.4, 0.5) is 0 Å². The number of rotatable bonds is 3. The Morgan fingerprint density at radius 2 is 2.04 bits per heavy atom. The summed E-state index contributed by atoms with van der Waals surface area (Å²) in [6.07, 6.45) is 5.22. The van der Waals surface area contributed by atoms with Crippen molar-refractivity contribution in [3.05, 3.63) is 64.4 Å². The van der Waals surface area contributed by atoms with Crippen molar-refractivity contribution in [2.45, 2.75) is 4.90 Å². The molecule has 8 heteroatoms. The summed E-state index contributed by atoms with van der Waals surface area (Å²) < 4.78 is 27.6. The number of benzene rings is 1. The van der Waals surface area contributed by atoms with Gasteiger partial charge in [0.1, 0.15) is 4.90 Å². The molecule has 1 aliphatic heterocycles. The van der Waals surface area contributed by atoms with Crippen LogP contribution in [0.1, 0.15) is 5.56 Å². The van der Waals surface area contributed by atoms with Crippen LogP contribution >= 0.6 is 23.2 Å². The highest BCUT2D eigenvalue weighted by molar-refractivity contribution is 7.90. The maximum absolute atomic E-state index is 13.2. The Hall–Kier alpha value is -1.86. The second kappa shape index (κ2) is 6.14. The van der Waals surface area contributed by atoms with E-state index in [1.807, 2.05) is 12.1 Å². The van der Waals surface area contributed by atoms with Gasteiger partial charge in [0.2, 0.25) is 0 Å². The normalized spacial score (nSPS) is 14.9. The average molecular weight is 394 g/mol. The third-order valence-electron chi connectivity index (χ3n) is 4.12. The number of fused-ring (bicyclic) bond motifs is 1. The first kappa shape index (κ1) is 16.6. The van der Waals surface area contributed by atoms with E-state index in [4.69, 9.17) is 23.2 Å². The molecule has 0 atom stereocenters. The largest absolute Gasteiger partial charge is 0.309 e. The third kappa shape index (κ3) is 2.75.